The lowest BCUT2D eigenvalue weighted by atomic mass is 10.1. The lowest BCUT2D eigenvalue weighted by Crippen LogP contribution is -2.25. The molecule has 0 atom stereocenters. The molecule has 0 saturated carbocycles. The van der Waals surface area contributed by atoms with Crippen LogP contribution in [0, 0.1) is 12.7 Å². The Morgan fingerprint density at radius 3 is 2.59 bits per heavy atom. The van der Waals surface area contributed by atoms with Crippen LogP contribution in [0.4, 0.5) is 15.8 Å². The van der Waals surface area contributed by atoms with Crippen LogP contribution in [0.15, 0.2) is 60.9 Å². The second-order valence-electron chi connectivity index (χ2n) is 6.18. The summed E-state index contributed by atoms with van der Waals surface area (Å²) in [6, 6.07) is 13.6. The SMILES string of the molecule is Cc1ccc(Nc2cncc(C(=O)NCCc3ccc(F)cc3)c2)cc1Cl. The van der Waals surface area contributed by atoms with Gasteiger partial charge in [-0.25, -0.2) is 4.39 Å². The minimum absolute atomic E-state index is 0.213. The molecule has 138 valence electrons. The van der Waals surface area contributed by atoms with Gasteiger partial charge in [0, 0.05) is 23.5 Å². The minimum Gasteiger partial charge on any atom is -0.354 e. The third-order valence-electron chi connectivity index (χ3n) is 4.07. The van der Waals surface area contributed by atoms with E-state index in [9.17, 15) is 9.18 Å². The van der Waals surface area contributed by atoms with Gasteiger partial charge >= 0.3 is 0 Å². The number of anilines is 2. The topological polar surface area (TPSA) is 54.0 Å². The van der Waals surface area contributed by atoms with E-state index in [0.29, 0.717) is 29.2 Å². The molecular weight excluding hydrogens is 365 g/mol. The zero-order valence-electron chi connectivity index (χ0n) is 14.8. The number of halogens is 2. The number of pyridine rings is 1. The smallest absolute Gasteiger partial charge is 0.252 e. The number of hydrogen-bond acceptors (Lipinski definition) is 3. The number of carbonyl (C=O) groups excluding carboxylic acids is 1. The van der Waals surface area contributed by atoms with Crippen molar-refractivity contribution in [2.75, 3.05) is 11.9 Å². The van der Waals surface area contributed by atoms with E-state index in [1.807, 2.05) is 25.1 Å². The Morgan fingerprint density at radius 1 is 1.07 bits per heavy atom. The lowest BCUT2D eigenvalue weighted by molar-refractivity contribution is 0.0954. The van der Waals surface area contributed by atoms with Gasteiger partial charge in [0.1, 0.15) is 5.82 Å². The number of carbonyl (C=O) groups is 1. The summed E-state index contributed by atoms with van der Waals surface area (Å²) in [5, 5.41) is 6.71. The number of hydrogen-bond donors (Lipinski definition) is 2. The molecule has 0 unspecified atom stereocenters. The Kier molecular flexibility index (Phi) is 6.04. The van der Waals surface area contributed by atoms with E-state index in [2.05, 4.69) is 15.6 Å². The number of benzene rings is 2. The molecule has 4 nitrogen and oxygen atoms in total. The van der Waals surface area contributed by atoms with Crippen LogP contribution in [0.3, 0.4) is 0 Å². The van der Waals surface area contributed by atoms with Crippen molar-refractivity contribution >= 4 is 28.9 Å². The first-order valence-electron chi connectivity index (χ1n) is 8.52. The maximum absolute atomic E-state index is 12.9. The van der Waals surface area contributed by atoms with Gasteiger partial charge in [0.2, 0.25) is 0 Å². The number of aryl methyl sites for hydroxylation is 1. The maximum atomic E-state index is 12.9. The molecule has 0 radical (unpaired) electrons. The van der Waals surface area contributed by atoms with E-state index < -0.39 is 0 Å². The van der Waals surface area contributed by atoms with Crippen molar-refractivity contribution in [3.05, 3.63) is 88.5 Å². The predicted octanol–water partition coefficient (Wildman–Crippen LogP) is 4.90. The van der Waals surface area contributed by atoms with Gasteiger partial charge in [-0.2, -0.15) is 0 Å². The van der Waals surface area contributed by atoms with Gasteiger partial charge in [-0.3, -0.25) is 9.78 Å². The van der Waals surface area contributed by atoms with Crippen molar-refractivity contribution < 1.29 is 9.18 Å². The summed E-state index contributed by atoms with van der Waals surface area (Å²) in [5.74, 6) is -0.483. The largest absolute Gasteiger partial charge is 0.354 e. The molecule has 1 aromatic heterocycles. The van der Waals surface area contributed by atoms with Crippen molar-refractivity contribution in [2.24, 2.45) is 0 Å². The Labute approximate surface area is 162 Å². The zero-order chi connectivity index (χ0) is 19.2. The lowest BCUT2D eigenvalue weighted by Gasteiger charge is -2.10. The average Bonchev–Trinajstić information content (AvgIpc) is 2.66. The fourth-order valence-corrected chi connectivity index (χ4v) is 2.72. The van der Waals surface area contributed by atoms with Gasteiger partial charge in [-0.05, 0) is 54.8 Å². The third kappa shape index (κ3) is 5.28. The van der Waals surface area contributed by atoms with Crippen LogP contribution in [-0.2, 0) is 6.42 Å². The molecule has 2 aromatic carbocycles. The number of aromatic nitrogens is 1. The number of amides is 1. The van der Waals surface area contributed by atoms with Crippen LogP contribution in [0.5, 0.6) is 0 Å². The zero-order valence-corrected chi connectivity index (χ0v) is 15.6. The Hall–Kier alpha value is -2.92. The van der Waals surface area contributed by atoms with Crippen LogP contribution in [0.2, 0.25) is 5.02 Å². The van der Waals surface area contributed by atoms with E-state index in [0.717, 1.165) is 16.8 Å². The molecule has 6 heteroatoms. The van der Waals surface area contributed by atoms with E-state index in [4.69, 9.17) is 11.6 Å². The first kappa shape index (κ1) is 18.9. The van der Waals surface area contributed by atoms with Gasteiger partial charge in [-0.15, -0.1) is 0 Å². The average molecular weight is 384 g/mol. The monoisotopic (exact) mass is 383 g/mol. The fraction of sp³-hybridized carbons (Fsp3) is 0.143. The van der Waals surface area contributed by atoms with Gasteiger partial charge in [0.15, 0.2) is 0 Å². The summed E-state index contributed by atoms with van der Waals surface area (Å²) in [6.45, 7) is 2.39. The number of rotatable bonds is 6. The standard InChI is InChI=1S/C21H19ClFN3O/c1-14-2-7-18(11-20(14)22)26-19-10-16(12-24-13-19)21(27)25-9-8-15-3-5-17(23)6-4-15/h2-7,10-13,26H,8-9H2,1H3,(H,25,27). The summed E-state index contributed by atoms with van der Waals surface area (Å²) < 4.78 is 12.9. The first-order valence-corrected chi connectivity index (χ1v) is 8.90. The van der Waals surface area contributed by atoms with E-state index in [1.54, 1.807) is 24.4 Å². The third-order valence-corrected chi connectivity index (χ3v) is 4.48. The highest BCUT2D eigenvalue weighted by molar-refractivity contribution is 6.31. The molecule has 0 aliphatic rings. The molecule has 1 amide bonds. The van der Waals surface area contributed by atoms with Crippen molar-refractivity contribution in [1.29, 1.82) is 0 Å². The highest BCUT2D eigenvalue weighted by Crippen LogP contribution is 2.23. The normalized spacial score (nSPS) is 10.5. The van der Waals surface area contributed by atoms with Crippen molar-refractivity contribution in [3.8, 4) is 0 Å². The van der Waals surface area contributed by atoms with Crippen molar-refractivity contribution in [3.63, 3.8) is 0 Å². The predicted molar refractivity (Wildman–Crippen MR) is 106 cm³/mol. The molecule has 3 aromatic rings. The second kappa shape index (κ2) is 8.64. The van der Waals surface area contributed by atoms with Gasteiger partial charge < -0.3 is 10.6 Å². The van der Waals surface area contributed by atoms with Crippen LogP contribution in [0.1, 0.15) is 21.5 Å². The highest BCUT2D eigenvalue weighted by atomic mass is 35.5. The molecule has 0 bridgehead atoms. The van der Waals surface area contributed by atoms with Crippen molar-refractivity contribution in [2.45, 2.75) is 13.3 Å². The summed E-state index contributed by atoms with van der Waals surface area (Å²) >= 11 is 6.14. The quantitative estimate of drug-likeness (QED) is 0.636. The highest BCUT2D eigenvalue weighted by Gasteiger charge is 2.07. The molecule has 0 aliphatic carbocycles. The van der Waals surface area contributed by atoms with Crippen LogP contribution in [0.25, 0.3) is 0 Å². The van der Waals surface area contributed by atoms with Crippen LogP contribution >= 0.6 is 11.6 Å². The van der Waals surface area contributed by atoms with Crippen molar-refractivity contribution in [1.82, 2.24) is 10.3 Å². The molecule has 1 heterocycles. The number of nitrogens with zero attached hydrogens (tertiary/aromatic N) is 1. The second-order valence-corrected chi connectivity index (χ2v) is 6.59. The van der Waals surface area contributed by atoms with E-state index in [-0.39, 0.29) is 11.7 Å². The molecule has 2 N–H and O–H groups in total. The van der Waals surface area contributed by atoms with E-state index >= 15 is 0 Å². The Morgan fingerprint density at radius 2 is 1.85 bits per heavy atom. The Balaban J connectivity index is 1.59. The summed E-state index contributed by atoms with van der Waals surface area (Å²) in [7, 11) is 0. The van der Waals surface area contributed by atoms with E-state index in [1.165, 1.54) is 18.3 Å². The van der Waals surface area contributed by atoms with Gasteiger partial charge in [0.05, 0.1) is 17.4 Å². The van der Waals surface area contributed by atoms with Gasteiger partial charge in [-0.1, -0.05) is 29.8 Å². The van der Waals surface area contributed by atoms with Crippen LogP contribution < -0.4 is 10.6 Å². The first-order chi connectivity index (χ1) is 13.0. The molecule has 0 aliphatic heterocycles. The van der Waals surface area contributed by atoms with Crippen LogP contribution in [-0.4, -0.2) is 17.4 Å². The molecule has 0 spiro atoms. The molecule has 3 rings (SSSR count). The summed E-state index contributed by atoms with van der Waals surface area (Å²) in [4.78, 5) is 16.5. The molecular formula is C21H19ClFN3O. The maximum Gasteiger partial charge on any atom is 0.252 e. The minimum atomic E-state index is -0.270. The molecule has 27 heavy (non-hydrogen) atoms. The number of nitrogens with one attached hydrogen (secondary N) is 2. The summed E-state index contributed by atoms with van der Waals surface area (Å²) in [6.07, 6.45) is 3.78. The molecule has 0 saturated heterocycles. The fourth-order valence-electron chi connectivity index (χ4n) is 2.54. The Bertz CT molecular complexity index is 944. The molecule has 0 fully saturated rings. The van der Waals surface area contributed by atoms with Gasteiger partial charge in [0.25, 0.3) is 5.91 Å². The summed E-state index contributed by atoms with van der Waals surface area (Å²) in [5.41, 5.74) is 3.93.